The van der Waals surface area contributed by atoms with Crippen LogP contribution in [0.25, 0.3) is 11.5 Å². The number of hydrogen-bond acceptors (Lipinski definition) is 5. The van der Waals surface area contributed by atoms with Crippen molar-refractivity contribution in [3.05, 3.63) is 89.6 Å². The molecule has 2 aromatic carbocycles. The van der Waals surface area contributed by atoms with Crippen molar-refractivity contribution in [2.45, 2.75) is 13.5 Å². The summed E-state index contributed by atoms with van der Waals surface area (Å²) < 4.78 is 5.82. The van der Waals surface area contributed by atoms with Crippen LogP contribution >= 0.6 is 0 Å². The van der Waals surface area contributed by atoms with E-state index >= 15 is 0 Å². The minimum Gasteiger partial charge on any atom is -0.489 e. The number of anilines is 1. The van der Waals surface area contributed by atoms with E-state index in [9.17, 15) is 4.79 Å². The third kappa shape index (κ3) is 4.65. The average molecular weight is 385 g/mol. The molecule has 0 fully saturated rings. The molecule has 0 saturated heterocycles. The van der Waals surface area contributed by atoms with Gasteiger partial charge < -0.3 is 4.74 Å². The largest absolute Gasteiger partial charge is 0.489 e. The van der Waals surface area contributed by atoms with E-state index in [2.05, 4.69) is 31.5 Å². The topological polar surface area (TPSA) is 92.8 Å². The third-order valence-electron chi connectivity index (χ3n) is 4.20. The zero-order chi connectivity index (χ0) is 20.1. The van der Waals surface area contributed by atoms with Crippen LogP contribution in [0.2, 0.25) is 0 Å². The van der Waals surface area contributed by atoms with Crippen LogP contribution in [-0.2, 0) is 6.61 Å². The second kappa shape index (κ2) is 8.35. The summed E-state index contributed by atoms with van der Waals surface area (Å²) in [6.07, 6.45) is 1.67. The molecule has 1 amide bonds. The van der Waals surface area contributed by atoms with Crippen LogP contribution in [0, 0.1) is 6.92 Å². The van der Waals surface area contributed by atoms with Gasteiger partial charge in [0.2, 0.25) is 5.95 Å². The number of carbonyl (C=O) groups is 1. The smallest absolute Gasteiger partial charge is 0.258 e. The van der Waals surface area contributed by atoms with E-state index in [4.69, 9.17) is 4.74 Å². The predicted octanol–water partition coefficient (Wildman–Crippen LogP) is 4.01. The van der Waals surface area contributed by atoms with E-state index in [1.807, 2.05) is 43.3 Å². The van der Waals surface area contributed by atoms with Crippen molar-refractivity contribution >= 4 is 11.9 Å². The van der Waals surface area contributed by atoms with Crippen molar-refractivity contribution in [1.29, 1.82) is 0 Å². The monoisotopic (exact) mass is 385 g/mol. The summed E-state index contributed by atoms with van der Waals surface area (Å²) in [5.41, 5.74) is 3.35. The summed E-state index contributed by atoms with van der Waals surface area (Å²) >= 11 is 0. The maximum Gasteiger partial charge on any atom is 0.258 e. The molecule has 0 bridgehead atoms. The predicted molar refractivity (Wildman–Crippen MR) is 110 cm³/mol. The molecule has 144 valence electrons. The number of aromatic nitrogens is 4. The van der Waals surface area contributed by atoms with Gasteiger partial charge in [-0.1, -0.05) is 42.0 Å². The molecule has 0 spiro atoms. The van der Waals surface area contributed by atoms with Gasteiger partial charge in [-0.05, 0) is 42.8 Å². The number of H-pyrrole nitrogens is 1. The summed E-state index contributed by atoms with van der Waals surface area (Å²) in [6.45, 7) is 2.47. The highest BCUT2D eigenvalue weighted by molar-refractivity contribution is 6.03. The Kier molecular flexibility index (Phi) is 5.29. The second-order valence-corrected chi connectivity index (χ2v) is 6.48. The molecule has 4 rings (SSSR count). The maximum atomic E-state index is 12.6. The second-order valence-electron chi connectivity index (χ2n) is 6.48. The molecule has 29 heavy (non-hydrogen) atoms. The molecule has 2 aromatic heterocycles. The van der Waals surface area contributed by atoms with Crippen molar-refractivity contribution < 1.29 is 9.53 Å². The van der Waals surface area contributed by atoms with E-state index in [-0.39, 0.29) is 11.9 Å². The zero-order valence-corrected chi connectivity index (χ0v) is 15.8. The Balaban J connectivity index is 1.41. The molecule has 7 nitrogen and oxygen atoms in total. The number of rotatable bonds is 6. The number of benzene rings is 2. The van der Waals surface area contributed by atoms with E-state index in [1.165, 1.54) is 5.56 Å². The fourth-order valence-electron chi connectivity index (χ4n) is 2.80. The molecule has 0 aliphatic heterocycles. The first-order valence-electron chi connectivity index (χ1n) is 9.11. The van der Waals surface area contributed by atoms with E-state index < -0.39 is 0 Å². The van der Waals surface area contributed by atoms with Crippen molar-refractivity contribution in [3.8, 4) is 17.3 Å². The fraction of sp³-hybridized carbons (Fsp3) is 0.0909. The quantitative estimate of drug-likeness (QED) is 0.523. The summed E-state index contributed by atoms with van der Waals surface area (Å²) in [7, 11) is 0. The minimum absolute atomic E-state index is 0.182. The number of nitrogens with one attached hydrogen (secondary N) is 2. The standard InChI is InChI=1S/C22H19N5O2/c1-15-6-4-7-16(12-15)14-29-18-9-5-8-17(13-18)21(28)25-22-24-20(26-27-22)19-10-2-3-11-23-19/h2-13H,14H2,1H3,(H2,24,25,26,27,28). The molecule has 4 aromatic rings. The fourth-order valence-corrected chi connectivity index (χ4v) is 2.80. The molecule has 0 radical (unpaired) electrons. The molecule has 0 unspecified atom stereocenters. The number of hydrogen-bond donors (Lipinski definition) is 2. The Morgan fingerprint density at radius 1 is 1.07 bits per heavy atom. The lowest BCUT2D eigenvalue weighted by atomic mass is 10.1. The zero-order valence-electron chi connectivity index (χ0n) is 15.8. The molecule has 0 saturated carbocycles. The van der Waals surface area contributed by atoms with Crippen molar-refractivity contribution in [1.82, 2.24) is 20.2 Å². The number of ether oxygens (including phenoxy) is 1. The summed E-state index contributed by atoms with van der Waals surface area (Å²) in [5.74, 6) is 0.957. The molecule has 0 atom stereocenters. The summed E-state index contributed by atoms with van der Waals surface area (Å²) in [5, 5.41) is 9.48. The highest BCUT2D eigenvalue weighted by atomic mass is 16.5. The van der Waals surface area contributed by atoms with Crippen molar-refractivity contribution in [2.75, 3.05) is 5.32 Å². The van der Waals surface area contributed by atoms with Gasteiger partial charge in [0.25, 0.3) is 5.91 Å². The molecular weight excluding hydrogens is 366 g/mol. The highest BCUT2D eigenvalue weighted by Gasteiger charge is 2.12. The number of aromatic amines is 1. The lowest BCUT2D eigenvalue weighted by molar-refractivity contribution is 0.102. The Bertz CT molecular complexity index is 1120. The summed E-state index contributed by atoms with van der Waals surface area (Å²) in [6, 6.07) is 20.6. The van der Waals surface area contributed by atoms with Gasteiger partial charge in [-0.2, -0.15) is 4.98 Å². The maximum absolute atomic E-state index is 12.6. The SMILES string of the molecule is Cc1cccc(COc2cccc(C(=O)Nc3n[nH]c(-c4ccccn4)n3)c2)c1. The average Bonchev–Trinajstić information content (AvgIpc) is 3.22. The van der Waals surface area contributed by atoms with Gasteiger partial charge >= 0.3 is 0 Å². The lowest BCUT2D eigenvalue weighted by Crippen LogP contribution is -2.13. The van der Waals surface area contributed by atoms with E-state index in [0.29, 0.717) is 29.4 Å². The van der Waals surface area contributed by atoms with Crippen LogP contribution in [-0.4, -0.2) is 26.1 Å². The van der Waals surface area contributed by atoms with Crippen LogP contribution in [0.1, 0.15) is 21.5 Å². The van der Waals surface area contributed by atoms with Crippen LogP contribution in [0.5, 0.6) is 5.75 Å². The van der Waals surface area contributed by atoms with Crippen molar-refractivity contribution in [2.24, 2.45) is 0 Å². The van der Waals surface area contributed by atoms with E-state index in [0.717, 1.165) is 5.56 Å². The van der Waals surface area contributed by atoms with Gasteiger partial charge in [-0.3, -0.25) is 20.2 Å². The van der Waals surface area contributed by atoms with Gasteiger partial charge in [0.1, 0.15) is 18.1 Å². The summed E-state index contributed by atoms with van der Waals surface area (Å²) in [4.78, 5) is 21.0. The number of pyridine rings is 1. The molecular formula is C22H19N5O2. The Labute approximate surface area is 167 Å². The lowest BCUT2D eigenvalue weighted by Gasteiger charge is -2.08. The normalized spacial score (nSPS) is 10.5. The molecule has 2 N–H and O–H groups in total. The van der Waals surface area contributed by atoms with E-state index in [1.54, 1.807) is 30.5 Å². The van der Waals surface area contributed by atoms with Crippen LogP contribution in [0.4, 0.5) is 5.95 Å². The first kappa shape index (κ1) is 18.4. The number of carbonyl (C=O) groups excluding carboxylic acids is 1. The Morgan fingerprint density at radius 3 is 2.79 bits per heavy atom. The molecule has 2 heterocycles. The van der Waals surface area contributed by atoms with Crippen LogP contribution < -0.4 is 10.1 Å². The third-order valence-corrected chi connectivity index (χ3v) is 4.20. The number of aryl methyl sites for hydroxylation is 1. The molecule has 0 aliphatic rings. The number of amides is 1. The first-order valence-corrected chi connectivity index (χ1v) is 9.11. The van der Waals surface area contributed by atoms with Gasteiger partial charge in [-0.15, -0.1) is 5.10 Å². The molecule has 7 heteroatoms. The minimum atomic E-state index is -0.322. The van der Waals surface area contributed by atoms with Gasteiger partial charge in [0, 0.05) is 11.8 Å². The van der Waals surface area contributed by atoms with Gasteiger partial charge in [-0.25, -0.2) is 0 Å². The first-order chi connectivity index (χ1) is 14.2. The van der Waals surface area contributed by atoms with Crippen molar-refractivity contribution in [3.63, 3.8) is 0 Å². The van der Waals surface area contributed by atoms with Crippen LogP contribution in [0.15, 0.2) is 72.9 Å². The Hall–Kier alpha value is -4.00. The number of nitrogens with zero attached hydrogens (tertiary/aromatic N) is 3. The van der Waals surface area contributed by atoms with Gasteiger partial charge in [0.05, 0.1) is 0 Å². The van der Waals surface area contributed by atoms with Gasteiger partial charge in [0.15, 0.2) is 5.82 Å². The van der Waals surface area contributed by atoms with Crippen LogP contribution in [0.3, 0.4) is 0 Å². The molecule has 0 aliphatic carbocycles. The highest BCUT2D eigenvalue weighted by Crippen LogP contribution is 2.17. The Morgan fingerprint density at radius 2 is 1.97 bits per heavy atom.